The summed E-state index contributed by atoms with van der Waals surface area (Å²) in [5, 5.41) is 2.15. The molecule has 1 amide bonds. The van der Waals surface area contributed by atoms with Gasteiger partial charge in [0.05, 0.1) is 11.3 Å². The van der Waals surface area contributed by atoms with Gasteiger partial charge in [0.15, 0.2) is 6.61 Å². The van der Waals surface area contributed by atoms with Gasteiger partial charge in [-0.15, -0.1) is 0 Å². The minimum Gasteiger partial charge on any atom is -0.452 e. The fraction of sp³-hybridized carbons (Fsp3) is 0.176. The van der Waals surface area contributed by atoms with Gasteiger partial charge < -0.3 is 10.1 Å². The third-order valence-electron chi connectivity index (χ3n) is 3.15. The van der Waals surface area contributed by atoms with Gasteiger partial charge in [0.25, 0.3) is 5.91 Å². The highest BCUT2D eigenvalue weighted by atomic mass is 19.1. The molecule has 0 fully saturated rings. The Morgan fingerprint density at radius 1 is 1.09 bits per heavy atom. The zero-order valence-corrected chi connectivity index (χ0v) is 12.7. The van der Waals surface area contributed by atoms with Crippen LogP contribution in [0.3, 0.4) is 0 Å². The highest BCUT2D eigenvalue weighted by molar-refractivity contribution is 5.96. The van der Waals surface area contributed by atoms with Crippen LogP contribution in [0.5, 0.6) is 0 Å². The summed E-state index contributed by atoms with van der Waals surface area (Å²) < 4.78 is 31.3. The summed E-state index contributed by atoms with van der Waals surface area (Å²) in [7, 11) is 0. The van der Waals surface area contributed by atoms with Crippen molar-refractivity contribution in [3.05, 3.63) is 64.7 Å². The fourth-order valence-corrected chi connectivity index (χ4v) is 1.94. The molecule has 6 heteroatoms. The van der Waals surface area contributed by atoms with Crippen molar-refractivity contribution < 1.29 is 23.1 Å². The van der Waals surface area contributed by atoms with E-state index >= 15 is 0 Å². The van der Waals surface area contributed by atoms with Gasteiger partial charge in [-0.25, -0.2) is 13.6 Å². The lowest BCUT2D eigenvalue weighted by molar-refractivity contribution is -0.119. The van der Waals surface area contributed by atoms with Crippen LogP contribution >= 0.6 is 0 Å². The van der Waals surface area contributed by atoms with Gasteiger partial charge in [-0.2, -0.15) is 0 Å². The van der Waals surface area contributed by atoms with Gasteiger partial charge in [0, 0.05) is 6.07 Å². The number of amides is 1. The SMILES string of the molecule is Cc1ccc(C)c(C(=O)OCC(=O)Nc2cc(F)ccc2F)c1. The van der Waals surface area contributed by atoms with Crippen molar-refractivity contribution in [3.8, 4) is 0 Å². The number of carbonyl (C=O) groups excluding carboxylic acids is 2. The molecular weight excluding hydrogens is 304 g/mol. The molecule has 0 aromatic heterocycles. The highest BCUT2D eigenvalue weighted by Gasteiger charge is 2.14. The van der Waals surface area contributed by atoms with E-state index in [1.54, 1.807) is 19.1 Å². The van der Waals surface area contributed by atoms with Crippen LogP contribution in [0.4, 0.5) is 14.5 Å². The fourth-order valence-electron chi connectivity index (χ4n) is 1.94. The second-order valence-electron chi connectivity index (χ2n) is 5.07. The molecule has 0 heterocycles. The molecule has 0 radical (unpaired) electrons. The van der Waals surface area contributed by atoms with E-state index in [0.29, 0.717) is 5.56 Å². The summed E-state index contributed by atoms with van der Waals surface area (Å²) in [6.07, 6.45) is 0. The van der Waals surface area contributed by atoms with E-state index < -0.39 is 30.1 Å². The minimum absolute atomic E-state index is 0.308. The Morgan fingerprint density at radius 3 is 2.57 bits per heavy atom. The van der Waals surface area contributed by atoms with Crippen LogP contribution in [0.1, 0.15) is 21.5 Å². The van der Waals surface area contributed by atoms with Gasteiger partial charge in [-0.1, -0.05) is 17.7 Å². The molecule has 0 aliphatic rings. The van der Waals surface area contributed by atoms with Crippen molar-refractivity contribution >= 4 is 17.6 Å². The molecule has 0 bridgehead atoms. The number of aryl methyl sites for hydroxylation is 2. The van der Waals surface area contributed by atoms with Crippen molar-refractivity contribution in [2.75, 3.05) is 11.9 Å². The number of hydrogen-bond donors (Lipinski definition) is 1. The number of benzene rings is 2. The van der Waals surface area contributed by atoms with Crippen molar-refractivity contribution in [3.63, 3.8) is 0 Å². The Hall–Kier alpha value is -2.76. The lowest BCUT2D eigenvalue weighted by atomic mass is 10.1. The van der Waals surface area contributed by atoms with Crippen LogP contribution in [0, 0.1) is 25.5 Å². The third kappa shape index (κ3) is 4.35. The Bertz CT molecular complexity index is 759. The number of esters is 1. The van der Waals surface area contributed by atoms with E-state index in [2.05, 4.69) is 5.32 Å². The Labute approximate surface area is 132 Å². The Kier molecular flexibility index (Phi) is 5.05. The van der Waals surface area contributed by atoms with Crippen LogP contribution in [0.15, 0.2) is 36.4 Å². The molecule has 2 aromatic carbocycles. The maximum absolute atomic E-state index is 13.4. The molecule has 4 nitrogen and oxygen atoms in total. The van der Waals surface area contributed by atoms with E-state index in [9.17, 15) is 18.4 Å². The van der Waals surface area contributed by atoms with Crippen molar-refractivity contribution in [1.29, 1.82) is 0 Å². The molecule has 0 aliphatic heterocycles. The van der Waals surface area contributed by atoms with Gasteiger partial charge in [0.2, 0.25) is 0 Å². The minimum atomic E-state index is -0.777. The summed E-state index contributed by atoms with van der Waals surface area (Å²) in [5.74, 6) is -2.87. The standard InChI is InChI=1S/C17H15F2NO3/c1-10-3-4-11(2)13(7-10)17(22)23-9-16(21)20-15-8-12(18)5-6-14(15)19/h3-8H,9H2,1-2H3,(H,20,21). The average molecular weight is 319 g/mol. The maximum Gasteiger partial charge on any atom is 0.338 e. The molecule has 0 atom stereocenters. The van der Waals surface area contributed by atoms with Gasteiger partial charge >= 0.3 is 5.97 Å². The Balaban J connectivity index is 1.97. The second-order valence-corrected chi connectivity index (χ2v) is 5.07. The molecule has 0 saturated heterocycles. The summed E-state index contributed by atoms with van der Waals surface area (Å²) in [4.78, 5) is 23.6. The van der Waals surface area contributed by atoms with E-state index in [0.717, 1.165) is 29.3 Å². The molecule has 1 N–H and O–H groups in total. The number of ether oxygens (including phenoxy) is 1. The largest absolute Gasteiger partial charge is 0.452 e. The predicted molar refractivity (Wildman–Crippen MR) is 81.2 cm³/mol. The molecule has 2 rings (SSSR count). The van der Waals surface area contributed by atoms with Crippen molar-refractivity contribution in [2.45, 2.75) is 13.8 Å². The monoisotopic (exact) mass is 319 g/mol. The second kappa shape index (κ2) is 7.00. The number of carbonyl (C=O) groups is 2. The topological polar surface area (TPSA) is 55.4 Å². The average Bonchev–Trinajstić information content (AvgIpc) is 2.51. The number of hydrogen-bond acceptors (Lipinski definition) is 3. The van der Waals surface area contributed by atoms with Gasteiger partial charge in [-0.3, -0.25) is 4.79 Å². The lowest BCUT2D eigenvalue weighted by Gasteiger charge is -2.09. The first kappa shape index (κ1) is 16.6. The summed E-state index contributed by atoms with van der Waals surface area (Å²) in [6, 6.07) is 7.96. The molecule has 0 saturated carbocycles. The van der Waals surface area contributed by atoms with Crippen molar-refractivity contribution in [1.82, 2.24) is 0 Å². The van der Waals surface area contributed by atoms with Crippen LogP contribution < -0.4 is 5.32 Å². The van der Waals surface area contributed by atoms with Crippen molar-refractivity contribution in [2.24, 2.45) is 0 Å². The Morgan fingerprint density at radius 2 is 1.83 bits per heavy atom. The predicted octanol–water partition coefficient (Wildman–Crippen LogP) is 3.38. The molecule has 0 spiro atoms. The zero-order valence-electron chi connectivity index (χ0n) is 12.7. The van der Waals surface area contributed by atoms with Crippen LogP contribution in [0.2, 0.25) is 0 Å². The first-order valence-corrected chi connectivity index (χ1v) is 6.86. The molecule has 0 aliphatic carbocycles. The van der Waals surface area contributed by atoms with E-state index in [-0.39, 0.29) is 5.69 Å². The molecular formula is C17H15F2NO3. The summed E-state index contributed by atoms with van der Waals surface area (Å²) >= 11 is 0. The molecule has 120 valence electrons. The first-order valence-electron chi connectivity index (χ1n) is 6.86. The molecule has 2 aromatic rings. The smallest absolute Gasteiger partial charge is 0.338 e. The number of halogens is 2. The molecule has 23 heavy (non-hydrogen) atoms. The van der Waals surface area contributed by atoms with E-state index in [1.165, 1.54) is 0 Å². The lowest BCUT2D eigenvalue weighted by Crippen LogP contribution is -2.22. The number of nitrogens with one attached hydrogen (secondary N) is 1. The maximum atomic E-state index is 13.4. The zero-order chi connectivity index (χ0) is 17.0. The van der Waals surface area contributed by atoms with Gasteiger partial charge in [0.1, 0.15) is 11.6 Å². The number of rotatable bonds is 4. The quantitative estimate of drug-likeness (QED) is 0.879. The van der Waals surface area contributed by atoms with Crippen LogP contribution in [-0.2, 0) is 9.53 Å². The van der Waals surface area contributed by atoms with Gasteiger partial charge in [-0.05, 0) is 37.6 Å². The van der Waals surface area contributed by atoms with E-state index in [4.69, 9.17) is 4.74 Å². The number of anilines is 1. The summed E-state index contributed by atoms with van der Waals surface area (Å²) in [5.41, 5.74) is 1.65. The third-order valence-corrected chi connectivity index (χ3v) is 3.15. The summed E-state index contributed by atoms with van der Waals surface area (Å²) in [6.45, 7) is 2.98. The highest BCUT2D eigenvalue weighted by Crippen LogP contribution is 2.15. The van der Waals surface area contributed by atoms with Crippen LogP contribution in [-0.4, -0.2) is 18.5 Å². The van der Waals surface area contributed by atoms with E-state index in [1.807, 2.05) is 13.0 Å². The normalized spacial score (nSPS) is 10.3. The van der Waals surface area contributed by atoms with Crippen LogP contribution in [0.25, 0.3) is 0 Å². The molecule has 0 unspecified atom stereocenters. The first-order chi connectivity index (χ1) is 10.9.